The largest absolute Gasteiger partial charge is 0.511 e. The van der Waals surface area contributed by atoms with Crippen LogP contribution in [-0.2, 0) is 36.0 Å². The highest BCUT2D eigenvalue weighted by Gasteiger charge is 2.45. The van der Waals surface area contributed by atoms with Gasteiger partial charge < -0.3 is 9.84 Å². The monoisotopic (exact) mass is 738 g/mol. The minimum Gasteiger partial charge on any atom is -0.511 e. The molecule has 0 spiro atoms. The number of unbranched alkanes of at least 4 members (excludes halogenated alkanes) is 1. The van der Waals surface area contributed by atoms with E-state index in [1.54, 1.807) is 42.5 Å². The maximum absolute atomic E-state index is 13.4. The number of hydrogen-bond donors (Lipinski definition) is 3. The van der Waals surface area contributed by atoms with Crippen molar-refractivity contribution in [2.45, 2.75) is 68.1 Å². The molecule has 13 heteroatoms. The zero-order chi connectivity index (χ0) is 36.8. The Morgan fingerprint density at radius 1 is 0.784 bits per heavy atom. The van der Waals surface area contributed by atoms with Crippen LogP contribution in [0.2, 0.25) is 0 Å². The van der Waals surface area contributed by atoms with Crippen molar-refractivity contribution in [3.63, 3.8) is 0 Å². The van der Waals surface area contributed by atoms with Gasteiger partial charge in [-0.2, -0.15) is 0 Å². The van der Waals surface area contributed by atoms with Gasteiger partial charge in [0.15, 0.2) is 0 Å². The summed E-state index contributed by atoms with van der Waals surface area (Å²) in [5, 5.41) is 12.0. The number of sulfonamides is 2. The van der Waals surface area contributed by atoms with E-state index in [1.807, 2.05) is 19.9 Å². The minimum absolute atomic E-state index is 0.0357. The van der Waals surface area contributed by atoms with E-state index in [0.717, 1.165) is 54.8 Å². The lowest BCUT2D eigenvalue weighted by Gasteiger charge is -2.39. The van der Waals surface area contributed by atoms with Crippen LogP contribution in [-0.4, -0.2) is 34.5 Å². The number of aliphatic hydroxyl groups excluding tert-OH is 1. The zero-order valence-corrected chi connectivity index (χ0v) is 29.9. The van der Waals surface area contributed by atoms with Gasteiger partial charge in [0.05, 0.1) is 20.8 Å². The third-order valence-corrected chi connectivity index (χ3v) is 11.9. The first-order valence-electron chi connectivity index (χ1n) is 16.6. The van der Waals surface area contributed by atoms with Crippen LogP contribution >= 0.6 is 0 Å². The number of hydrogen-bond acceptors (Lipinski definition) is 7. The lowest BCUT2D eigenvalue weighted by Crippen LogP contribution is -2.39. The van der Waals surface area contributed by atoms with Crippen LogP contribution < -0.4 is 9.44 Å². The second kappa shape index (κ2) is 15.6. The molecule has 0 amide bonds. The summed E-state index contributed by atoms with van der Waals surface area (Å²) < 4.78 is 89.4. The van der Waals surface area contributed by atoms with Crippen LogP contribution in [0.4, 0.5) is 20.2 Å². The average Bonchev–Trinajstić information content (AvgIpc) is 3.10. The molecule has 2 unspecified atom stereocenters. The van der Waals surface area contributed by atoms with E-state index < -0.39 is 49.0 Å². The third kappa shape index (κ3) is 8.77. The molecule has 4 aromatic carbocycles. The Morgan fingerprint density at radius 3 is 1.88 bits per heavy atom. The number of carbonyl (C=O) groups excluding carboxylic acids is 1. The van der Waals surface area contributed by atoms with E-state index in [4.69, 9.17) is 4.74 Å². The van der Waals surface area contributed by atoms with Gasteiger partial charge in [0, 0.05) is 17.3 Å². The number of aliphatic hydroxyl groups is 1. The number of nitrogens with one attached hydrogen (secondary N) is 2. The zero-order valence-electron chi connectivity index (χ0n) is 28.2. The smallest absolute Gasteiger partial charge is 0.338 e. The molecule has 1 aliphatic rings. The molecule has 1 heterocycles. The minimum atomic E-state index is -4.04. The summed E-state index contributed by atoms with van der Waals surface area (Å²) in [7, 11) is -8.01. The summed E-state index contributed by atoms with van der Waals surface area (Å²) in [5.74, 6) is -2.46. The number of cyclic esters (lactones) is 1. The standard InChI is InChI=1S/C38H40F2N2O7S2/c1-3-5-21-38(22-20-26-8-6-10-30(23-26)41-50(45,46)32-16-12-28(39)13-17-32)25-49-37(44)35(36(38)43)34(4-2)27-9-7-11-31(24-27)42-51(47,48)33-18-14-29(40)15-19-33/h6-19,23-24,34,41-43H,3-5,20-22,25H2,1-2H3. The van der Waals surface area contributed by atoms with Crippen LogP contribution in [0.1, 0.15) is 63.0 Å². The number of rotatable bonds is 15. The van der Waals surface area contributed by atoms with E-state index in [0.29, 0.717) is 36.9 Å². The summed E-state index contributed by atoms with van der Waals surface area (Å²) in [6.07, 6.45) is 3.29. The highest BCUT2D eigenvalue weighted by atomic mass is 32.2. The SMILES string of the molecule is CCCCC1(CCc2cccc(NS(=O)(=O)c3ccc(F)cc3)c2)COC(=O)C(C(CC)c2cccc(NS(=O)(=O)c3ccc(F)cc3)c2)=C1O. The predicted octanol–water partition coefficient (Wildman–Crippen LogP) is 8.24. The maximum atomic E-state index is 13.4. The quantitative estimate of drug-likeness (QED) is 0.104. The van der Waals surface area contributed by atoms with Crippen LogP contribution in [0, 0.1) is 17.0 Å². The van der Waals surface area contributed by atoms with Crippen LogP contribution in [0.25, 0.3) is 0 Å². The van der Waals surface area contributed by atoms with Gasteiger partial charge in [-0.3, -0.25) is 9.44 Å². The maximum Gasteiger partial charge on any atom is 0.338 e. The Bertz CT molecular complexity index is 2120. The highest BCUT2D eigenvalue weighted by Crippen LogP contribution is 2.46. The number of esters is 1. The molecule has 4 aromatic rings. The van der Waals surface area contributed by atoms with Gasteiger partial charge in [-0.05, 0) is 110 Å². The van der Waals surface area contributed by atoms with E-state index in [-0.39, 0.29) is 33.4 Å². The van der Waals surface area contributed by atoms with E-state index in [2.05, 4.69) is 9.44 Å². The van der Waals surface area contributed by atoms with Crippen molar-refractivity contribution in [2.24, 2.45) is 5.41 Å². The Balaban J connectivity index is 1.41. The first kappa shape index (κ1) is 37.5. The topological polar surface area (TPSA) is 139 Å². The molecule has 5 rings (SSSR count). The van der Waals surface area contributed by atoms with Gasteiger partial charge in [-0.15, -0.1) is 0 Å². The number of aryl methyl sites for hydroxylation is 1. The molecule has 0 saturated carbocycles. The molecular weight excluding hydrogens is 699 g/mol. The van der Waals surface area contributed by atoms with Crippen molar-refractivity contribution < 1.29 is 40.3 Å². The van der Waals surface area contributed by atoms with Crippen LogP contribution in [0.3, 0.4) is 0 Å². The van der Waals surface area contributed by atoms with E-state index in [9.17, 15) is 35.5 Å². The third-order valence-electron chi connectivity index (χ3n) is 9.08. The lowest BCUT2D eigenvalue weighted by atomic mass is 9.71. The van der Waals surface area contributed by atoms with Gasteiger partial charge in [-0.25, -0.2) is 30.4 Å². The van der Waals surface area contributed by atoms with Crippen molar-refractivity contribution in [3.05, 3.63) is 131 Å². The van der Waals surface area contributed by atoms with Gasteiger partial charge in [0.1, 0.15) is 24.0 Å². The van der Waals surface area contributed by atoms with Gasteiger partial charge in [-0.1, -0.05) is 51.0 Å². The van der Waals surface area contributed by atoms with Crippen LogP contribution in [0.5, 0.6) is 0 Å². The number of carbonyl (C=O) groups is 1. The molecule has 2 atom stereocenters. The first-order valence-corrected chi connectivity index (χ1v) is 19.6. The summed E-state index contributed by atoms with van der Waals surface area (Å²) >= 11 is 0. The fourth-order valence-electron chi connectivity index (χ4n) is 6.32. The average molecular weight is 739 g/mol. The fourth-order valence-corrected chi connectivity index (χ4v) is 8.41. The van der Waals surface area contributed by atoms with Crippen molar-refractivity contribution in [3.8, 4) is 0 Å². The second-order valence-electron chi connectivity index (χ2n) is 12.6. The first-order chi connectivity index (χ1) is 24.3. The Hall–Kier alpha value is -4.75. The fraction of sp³-hybridized carbons (Fsp3) is 0.289. The molecule has 1 aliphatic heterocycles. The molecular formula is C38H40F2N2O7S2. The van der Waals surface area contributed by atoms with Crippen molar-refractivity contribution in [2.75, 3.05) is 16.1 Å². The predicted molar refractivity (Wildman–Crippen MR) is 191 cm³/mol. The van der Waals surface area contributed by atoms with Gasteiger partial charge in [0.2, 0.25) is 0 Å². The Labute approximate surface area is 297 Å². The molecule has 0 radical (unpaired) electrons. The highest BCUT2D eigenvalue weighted by molar-refractivity contribution is 7.93. The number of halogens is 2. The van der Waals surface area contributed by atoms with Crippen molar-refractivity contribution in [1.82, 2.24) is 0 Å². The summed E-state index contributed by atoms with van der Waals surface area (Å²) in [6, 6.07) is 22.4. The Kier molecular flexibility index (Phi) is 11.5. The van der Waals surface area contributed by atoms with Crippen molar-refractivity contribution >= 4 is 37.4 Å². The van der Waals surface area contributed by atoms with E-state index >= 15 is 0 Å². The summed E-state index contributed by atoms with van der Waals surface area (Å²) in [4.78, 5) is 13.2. The summed E-state index contributed by atoms with van der Waals surface area (Å²) in [5.41, 5.74) is 1.10. The second-order valence-corrected chi connectivity index (χ2v) is 16.0. The molecule has 0 aliphatic carbocycles. The molecule has 0 fully saturated rings. The van der Waals surface area contributed by atoms with Crippen LogP contribution in [0.15, 0.2) is 118 Å². The molecule has 51 heavy (non-hydrogen) atoms. The lowest BCUT2D eigenvalue weighted by molar-refractivity contribution is -0.147. The number of anilines is 2. The Morgan fingerprint density at radius 2 is 1.33 bits per heavy atom. The molecule has 270 valence electrons. The molecule has 0 bridgehead atoms. The number of benzene rings is 4. The molecule has 9 nitrogen and oxygen atoms in total. The number of ether oxygens (including phenoxy) is 1. The molecule has 3 N–H and O–H groups in total. The normalized spacial score (nSPS) is 17.1. The summed E-state index contributed by atoms with van der Waals surface area (Å²) in [6.45, 7) is 3.84. The van der Waals surface area contributed by atoms with Gasteiger partial charge in [0.25, 0.3) is 20.0 Å². The molecule has 0 saturated heterocycles. The van der Waals surface area contributed by atoms with Crippen molar-refractivity contribution in [1.29, 1.82) is 0 Å². The van der Waals surface area contributed by atoms with E-state index in [1.165, 1.54) is 12.1 Å². The molecule has 0 aromatic heterocycles. The van der Waals surface area contributed by atoms with Gasteiger partial charge >= 0.3 is 5.97 Å².